The molecule has 0 bridgehead atoms. The van der Waals surface area contributed by atoms with Crippen LogP contribution >= 0.6 is 0 Å². The van der Waals surface area contributed by atoms with Crippen LogP contribution in [0.1, 0.15) is 29.3 Å². The quantitative estimate of drug-likeness (QED) is 0.900. The molecule has 1 aromatic heterocycles. The fourth-order valence-corrected chi connectivity index (χ4v) is 2.43. The Balaban J connectivity index is 2.05. The molecule has 19 heavy (non-hydrogen) atoms. The molecule has 1 aliphatic rings. The molecule has 0 saturated heterocycles. The third-order valence-corrected chi connectivity index (χ3v) is 3.38. The molecule has 0 radical (unpaired) electrons. The van der Waals surface area contributed by atoms with E-state index in [9.17, 15) is 4.39 Å². The van der Waals surface area contributed by atoms with Crippen LogP contribution in [0.5, 0.6) is 5.75 Å². The number of halogens is 1. The number of hydrogen-bond donors (Lipinski definition) is 1. The van der Waals surface area contributed by atoms with E-state index in [-0.39, 0.29) is 11.5 Å². The highest BCUT2D eigenvalue weighted by atomic mass is 19.1. The fourth-order valence-electron chi connectivity index (χ4n) is 2.43. The summed E-state index contributed by atoms with van der Waals surface area (Å²) in [5, 5.41) is 0. The topological polar surface area (TPSA) is 48.1 Å². The van der Waals surface area contributed by atoms with Crippen LogP contribution in [-0.4, -0.2) is 11.6 Å². The molecule has 1 aliphatic heterocycles. The van der Waals surface area contributed by atoms with Crippen molar-refractivity contribution in [3.8, 4) is 5.75 Å². The smallest absolute Gasteiger partial charge is 0.146 e. The van der Waals surface area contributed by atoms with Crippen molar-refractivity contribution in [2.24, 2.45) is 5.73 Å². The van der Waals surface area contributed by atoms with Crippen molar-refractivity contribution in [3.05, 3.63) is 59.2 Å². The van der Waals surface area contributed by atoms with Gasteiger partial charge < -0.3 is 10.5 Å². The van der Waals surface area contributed by atoms with Crippen LogP contribution in [0.2, 0.25) is 0 Å². The third kappa shape index (κ3) is 2.19. The van der Waals surface area contributed by atoms with Gasteiger partial charge in [-0.3, -0.25) is 4.98 Å². The van der Waals surface area contributed by atoms with Crippen LogP contribution in [0, 0.1) is 5.82 Å². The normalized spacial score (nSPS) is 15.5. The van der Waals surface area contributed by atoms with Gasteiger partial charge in [-0.15, -0.1) is 0 Å². The van der Waals surface area contributed by atoms with Gasteiger partial charge in [0.25, 0.3) is 0 Å². The molecular formula is C15H15FN2O. The van der Waals surface area contributed by atoms with E-state index in [0.717, 1.165) is 29.7 Å². The minimum absolute atomic E-state index is 0.255. The van der Waals surface area contributed by atoms with Crippen molar-refractivity contribution in [2.75, 3.05) is 6.61 Å². The number of nitrogens with two attached hydrogens (primary N) is 1. The summed E-state index contributed by atoms with van der Waals surface area (Å²) in [7, 11) is 0. The molecule has 1 aromatic carbocycles. The number of pyridine rings is 1. The molecule has 2 N–H and O–H groups in total. The van der Waals surface area contributed by atoms with Crippen LogP contribution in [0.15, 0.2) is 36.5 Å². The summed E-state index contributed by atoms with van der Waals surface area (Å²) in [6.07, 6.45) is 3.53. The van der Waals surface area contributed by atoms with Crippen LogP contribution in [0.3, 0.4) is 0 Å². The van der Waals surface area contributed by atoms with E-state index in [4.69, 9.17) is 10.5 Å². The SMILES string of the molecule is NC(c1cccc2c1OCCC2)c1ncccc1F. The van der Waals surface area contributed by atoms with Crippen molar-refractivity contribution in [1.29, 1.82) is 0 Å². The van der Waals surface area contributed by atoms with Crippen LogP contribution in [-0.2, 0) is 6.42 Å². The van der Waals surface area contributed by atoms with E-state index in [1.807, 2.05) is 18.2 Å². The van der Waals surface area contributed by atoms with Gasteiger partial charge >= 0.3 is 0 Å². The monoisotopic (exact) mass is 258 g/mol. The van der Waals surface area contributed by atoms with Crippen molar-refractivity contribution < 1.29 is 9.13 Å². The lowest BCUT2D eigenvalue weighted by Crippen LogP contribution is -2.19. The van der Waals surface area contributed by atoms with Gasteiger partial charge in [0.2, 0.25) is 0 Å². The van der Waals surface area contributed by atoms with E-state index in [1.54, 1.807) is 12.3 Å². The van der Waals surface area contributed by atoms with Crippen molar-refractivity contribution in [1.82, 2.24) is 4.98 Å². The predicted octanol–water partition coefficient (Wildman–Crippen LogP) is 2.59. The van der Waals surface area contributed by atoms with Gasteiger partial charge in [0.15, 0.2) is 0 Å². The van der Waals surface area contributed by atoms with E-state index < -0.39 is 6.04 Å². The zero-order valence-corrected chi connectivity index (χ0v) is 10.5. The predicted molar refractivity (Wildman–Crippen MR) is 70.5 cm³/mol. The second-order valence-corrected chi connectivity index (χ2v) is 4.64. The highest BCUT2D eigenvalue weighted by Gasteiger charge is 2.22. The van der Waals surface area contributed by atoms with E-state index in [1.165, 1.54) is 6.07 Å². The van der Waals surface area contributed by atoms with Crippen LogP contribution in [0.25, 0.3) is 0 Å². The maximum Gasteiger partial charge on any atom is 0.146 e. The Bertz CT molecular complexity index is 600. The van der Waals surface area contributed by atoms with E-state index >= 15 is 0 Å². The summed E-state index contributed by atoms with van der Waals surface area (Å²) >= 11 is 0. The van der Waals surface area contributed by atoms with Gasteiger partial charge in [0.1, 0.15) is 11.6 Å². The van der Waals surface area contributed by atoms with Gasteiger partial charge in [0.05, 0.1) is 18.3 Å². The zero-order valence-electron chi connectivity index (χ0n) is 10.5. The molecule has 0 amide bonds. The molecule has 0 fully saturated rings. The second-order valence-electron chi connectivity index (χ2n) is 4.64. The maximum atomic E-state index is 13.8. The van der Waals surface area contributed by atoms with Crippen LogP contribution in [0.4, 0.5) is 4.39 Å². The first-order valence-electron chi connectivity index (χ1n) is 6.38. The first kappa shape index (κ1) is 12.1. The minimum Gasteiger partial charge on any atom is -0.493 e. The Morgan fingerprint density at radius 2 is 2.16 bits per heavy atom. The number of hydrogen-bond acceptors (Lipinski definition) is 3. The average molecular weight is 258 g/mol. The molecule has 3 rings (SSSR count). The molecule has 2 heterocycles. The number of nitrogens with zero attached hydrogens (tertiary/aromatic N) is 1. The Kier molecular flexibility index (Phi) is 3.17. The highest BCUT2D eigenvalue weighted by molar-refractivity contribution is 5.46. The van der Waals surface area contributed by atoms with Gasteiger partial charge in [-0.2, -0.15) is 0 Å². The lowest BCUT2D eigenvalue weighted by Gasteiger charge is -2.23. The molecule has 3 nitrogen and oxygen atoms in total. The van der Waals surface area contributed by atoms with Crippen molar-refractivity contribution in [3.63, 3.8) is 0 Å². The summed E-state index contributed by atoms with van der Waals surface area (Å²) in [6.45, 7) is 0.682. The van der Waals surface area contributed by atoms with Gasteiger partial charge in [-0.25, -0.2) is 4.39 Å². The molecule has 0 saturated carbocycles. The summed E-state index contributed by atoms with van der Waals surface area (Å²) < 4.78 is 19.5. The van der Waals surface area contributed by atoms with Gasteiger partial charge in [-0.05, 0) is 30.5 Å². The summed E-state index contributed by atoms with van der Waals surface area (Å²) in [5.41, 5.74) is 8.35. The highest BCUT2D eigenvalue weighted by Crippen LogP contribution is 2.34. The van der Waals surface area contributed by atoms with Gasteiger partial charge in [0, 0.05) is 11.8 Å². The number of aryl methyl sites for hydroxylation is 1. The van der Waals surface area contributed by atoms with Crippen molar-refractivity contribution in [2.45, 2.75) is 18.9 Å². The molecule has 1 atom stereocenters. The molecule has 4 heteroatoms. The first-order valence-corrected chi connectivity index (χ1v) is 6.38. The standard InChI is InChI=1S/C15H15FN2O/c16-12-7-2-8-18-14(12)13(17)11-6-1-4-10-5-3-9-19-15(10)11/h1-2,4,6-8,13H,3,5,9,17H2. The third-order valence-electron chi connectivity index (χ3n) is 3.38. The summed E-state index contributed by atoms with van der Waals surface area (Å²) in [6, 6.07) is 8.17. The minimum atomic E-state index is -0.603. The number of para-hydroxylation sites is 1. The number of rotatable bonds is 2. The number of fused-ring (bicyclic) bond motifs is 1. The Morgan fingerprint density at radius 3 is 3.00 bits per heavy atom. The lowest BCUT2D eigenvalue weighted by atomic mass is 9.96. The average Bonchev–Trinajstić information content (AvgIpc) is 2.46. The van der Waals surface area contributed by atoms with E-state index in [2.05, 4.69) is 4.98 Å². The molecule has 0 spiro atoms. The number of aromatic nitrogens is 1. The fraction of sp³-hybridized carbons (Fsp3) is 0.267. The van der Waals surface area contributed by atoms with E-state index in [0.29, 0.717) is 6.61 Å². The maximum absolute atomic E-state index is 13.8. The lowest BCUT2D eigenvalue weighted by molar-refractivity contribution is 0.284. The molecule has 1 unspecified atom stereocenters. The van der Waals surface area contributed by atoms with Crippen molar-refractivity contribution >= 4 is 0 Å². The number of benzene rings is 1. The molecule has 2 aromatic rings. The molecule has 98 valence electrons. The Hall–Kier alpha value is -1.94. The van der Waals surface area contributed by atoms with Crippen LogP contribution < -0.4 is 10.5 Å². The number of ether oxygens (including phenoxy) is 1. The summed E-state index contributed by atoms with van der Waals surface area (Å²) in [5.74, 6) is 0.412. The Morgan fingerprint density at radius 1 is 1.26 bits per heavy atom. The first-order chi connectivity index (χ1) is 9.27. The molecule has 0 aliphatic carbocycles. The Labute approximate surface area is 111 Å². The zero-order chi connectivity index (χ0) is 13.2. The van der Waals surface area contributed by atoms with Gasteiger partial charge in [-0.1, -0.05) is 18.2 Å². The summed E-state index contributed by atoms with van der Waals surface area (Å²) in [4.78, 5) is 4.05. The molecular weight excluding hydrogens is 243 g/mol. The second kappa shape index (κ2) is 4.97. The largest absolute Gasteiger partial charge is 0.493 e.